The van der Waals surface area contributed by atoms with E-state index in [1.807, 2.05) is 35.2 Å². The fourth-order valence-electron chi connectivity index (χ4n) is 2.87. The van der Waals surface area contributed by atoms with Crippen LogP contribution in [0.25, 0.3) is 0 Å². The van der Waals surface area contributed by atoms with Crippen molar-refractivity contribution in [3.05, 3.63) is 53.6 Å². The monoisotopic (exact) mass is 427 g/mol. The summed E-state index contributed by atoms with van der Waals surface area (Å²) in [5, 5.41) is 12.0. The Labute approximate surface area is 182 Å². The number of hydrogen-bond donors (Lipinski definition) is 1. The molecule has 2 aromatic carbocycles. The highest BCUT2D eigenvalue weighted by Crippen LogP contribution is 2.38. The van der Waals surface area contributed by atoms with Crippen LogP contribution in [0.15, 0.2) is 42.5 Å². The lowest BCUT2D eigenvalue weighted by atomic mass is 10.1. The summed E-state index contributed by atoms with van der Waals surface area (Å²) in [5.74, 6) is 0.746. The number of hydrogen-bond acceptors (Lipinski definition) is 6. The molecular weight excluding hydrogens is 402 g/mol. The van der Waals surface area contributed by atoms with Gasteiger partial charge in [0.25, 0.3) is 5.91 Å². The average molecular weight is 428 g/mol. The molecule has 2 aromatic rings. The van der Waals surface area contributed by atoms with Gasteiger partial charge >= 0.3 is 0 Å². The lowest BCUT2D eigenvalue weighted by Gasteiger charge is -2.24. The number of nitriles is 1. The van der Waals surface area contributed by atoms with Crippen LogP contribution in [0.5, 0.6) is 17.2 Å². The second kappa shape index (κ2) is 11.6. The van der Waals surface area contributed by atoms with Crippen LogP contribution in [0.1, 0.15) is 22.3 Å². The lowest BCUT2D eigenvalue weighted by Crippen LogP contribution is -2.44. The van der Waals surface area contributed by atoms with Crippen LogP contribution in [0.3, 0.4) is 0 Å². The first-order valence-electron chi connectivity index (χ1n) is 9.35. The van der Waals surface area contributed by atoms with E-state index in [0.29, 0.717) is 42.3 Å². The molecule has 8 heteroatoms. The molecule has 0 aliphatic carbocycles. The van der Waals surface area contributed by atoms with Gasteiger partial charge in [0, 0.05) is 18.7 Å². The number of thiocarbonyl (C=S) groups is 1. The topological polar surface area (TPSA) is 83.8 Å². The third-order valence-corrected chi connectivity index (χ3v) is 4.80. The Morgan fingerprint density at radius 3 is 2.23 bits per heavy atom. The normalized spacial score (nSPS) is 9.93. The van der Waals surface area contributed by atoms with Gasteiger partial charge in [0.05, 0.1) is 33.8 Å². The van der Waals surface area contributed by atoms with Crippen LogP contribution in [-0.4, -0.2) is 50.3 Å². The minimum absolute atomic E-state index is 0.264. The van der Waals surface area contributed by atoms with Gasteiger partial charge in [-0.05, 0) is 36.3 Å². The molecule has 1 N–H and O–H groups in total. The van der Waals surface area contributed by atoms with Gasteiger partial charge in [0.15, 0.2) is 16.6 Å². The fourth-order valence-corrected chi connectivity index (χ4v) is 3.14. The molecule has 1 amide bonds. The van der Waals surface area contributed by atoms with Gasteiger partial charge in [0.1, 0.15) is 0 Å². The first-order valence-corrected chi connectivity index (χ1v) is 9.76. The lowest BCUT2D eigenvalue weighted by molar-refractivity contribution is 0.0972. The smallest absolute Gasteiger partial charge is 0.257 e. The van der Waals surface area contributed by atoms with E-state index < -0.39 is 5.91 Å². The fraction of sp³-hybridized carbons (Fsp3) is 0.318. The summed E-state index contributed by atoms with van der Waals surface area (Å²) in [6.45, 7) is 1.01. The summed E-state index contributed by atoms with van der Waals surface area (Å²) in [4.78, 5) is 14.6. The second-order valence-corrected chi connectivity index (χ2v) is 6.69. The number of methoxy groups -OCH3 is 3. The Kier molecular flexibility index (Phi) is 8.91. The Hall–Kier alpha value is -3.31. The van der Waals surface area contributed by atoms with E-state index in [1.54, 1.807) is 12.1 Å². The molecule has 0 aliphatic rings. The SMILES string of the molecule is COc1cc(C(=O)NC(=S)N(CCC#N)CCc2ccccc2)cc(OC)c1OC. The molecule has 0 spiro atoms. The summed E-state index contributed by atoms with van der Waals surface area (Å²) in [5.41, 5.74) is 1.47. The van der Waals surface area contributed by atoms with Crippen LogP contribution >= 0.6 is 12.2 Å². The molecule has 0 bridgehead atoms. The van der Waals surface area contributed by atoms with E-state index >= 15 is 0 Å². The van der Waals surface area contributed by atoms with E-state index in [1.165, 1.54) is 21.3 Å². The zero-order valence-corrected chi connectivity index (χ0v) is 18.1. The molecule has 0 unspecified atom stereocenters. The van der Waals surface area contributed by atoms with Crippen LogP contribution in [-0.2, 0) is 6.42 Å². The molecular formula is C22H25N3O4S. The number of amides is 1. The van der Waals surface area contributed by atoms with E-state index in [0.717, 1.165) is 12.0 Å². The Morgan fingerprint density at radius 2 is 1.70 bits per heavy atom. The zero-order chi connectivity index (χ0) is 21.9. The Balaban J connectivity index is 2.13. The molecule has 0 aliphatic heterocycles. The van der Waals surface area contributed by atoms with Gasteiger partial charge in [-0.3, -0.25) is 10.1 Å². The highest BCUT2D eigenvalue weighted by Gasteiger charge is 2.19. The molecule has 2 rings (SSSR count). The standard InChI is InChI=1S/C22H25N3O4S/c1-27-18-14-17(15-19(28-2)20(18)29-3)21(26)24-22(30)25(12-7-11-23)13-10-16-8-5-4-6-9-16/h4-6,8-9,14-15H,7,10,12-13H2,1-3H3,(H,24,26,30). The van der Waals surface area contributed by atoms with Gasteiger partial charge < -0.3 is 19.1 Å². The highest BCUT2D eigenvalue weighted by molar-refractivity contribution is 7.80. The molecule has 0 heterocycles. The summed E-state index contributed by atoms with van der Waals surface area (Å²) in [6, 6.07) is 15.2. The van der Waals surface area contributed by atoms with Gasteiger partial charge in [-0.1, -0.05) is 30.3 Å². The quantitative estimate of drug-likeness (QED) is 0.615. The number of rotatable bonds is 9. The first kappa shape index (κ1) is 23.0. The Morgan fingerprint density at radius 1 is 1.07 bits per heavy atom. The van der Waals surface area contributed by atoms with Crippen molar-refractivity contribution in [1.82, 2.24) is 10.2 Å². The second-order valence-electron chi connectivity index (χ2n) is 6.30. The van der Waals surface area contributed by atoms with E-state index in [9.17, 15) is 4.79 Å². The number of ether oxygens (including phenoxy) is 3. The number of nitrogens with one attached hydrogen (secondary N) is 1. The number of nitrogens with zero attached hydrogens (tertiary/aromatic N) is 2. The maximum Gasteiger partial charge on any atom is 0.257 e. The van der Waals surface area contributed by atoms with Crippen LogP contribution in [0.2, 0.25) is 0 Å². The number of carbonyl (C=O) groups is 1. The van der Waals surface area contributed by atoms with Crippen LogP contribution in [0, 0.1) is 11.3 Å². The summed E-state index contributed by atoms with van der Waals surface area (Å²) in [6.07, 6.45) is 1.04. The number of benzene rings is 2. The highest BCUT2D eigenvalue weighted by atomic mass is 32.1. The van der Waals surface area contributed by atoms with Crippen molar-refractivity contribution >= 4 is 23.2 Å². The molecule has 0 fully saturated rings. The third kappa shape index (κ3) is 6.09. The molecule has 0 radical (unpaired) electrons. The molecule has 158 valence electrons. The third-order valence-electron chi connectivity index (χ3n) is 4.44. The summed E-state index contributed by atoms with van der Waals surface area (Å²) in [7, 11) is 4.46. The van der Waals surface area contributed by atoms with Crippen molar-refractivity contribution in [2.75, 3.05) is 34.4 Å². The van der Waals surface area contributed by atoms with Crippen molar-refractivity contribution in [3.8, 4) is 23.3 Å². The molecule has 0 aromatic heterocycles. The predicted octanol–water partition coefficient (Wildman–Crippen LogP) is 3.19. The van der Waals surface area contributed by atoms with Crippen molar-refractivity contribution < 1.29 is 19.0 Å². The van der Waals surface area contributed by atoms with Crippen molar-refractivity contribution in [3.63, 3.8) is 0 Å². The molecule has 0 saturated carbocycles. The molecule has 0 atom stereocenters. The zero-order valence-electron chi connectivity index (χ0n) is 17.3. The maximum absolute atomic E-state index is 12.8. The largest absolute Gasteiger partial charge is 0.493 e. The van der Waals surface area contributed by atoms with E-state index in [2.05, 4.69) is 11.4 Å². The first-order chi connectivity index (χ1) is 14.5. The van der Waals surface area contributed by atoms with Crippen molar-refractivity contribution in [2.24, 2.45) is 0 Å². The summed E-state index contributed by atoms with van der Waals surface area (Å²) >= 11 is 5.45. The van der Waals surface area contributed by atoms with Gasteiger partial charge in [0.2, 0.25) is 5.75 Å². The molecule has 7 nitrogen and oxygen atoms in total. The van der Waals surface area contributed by atoms with Crippen LogP contribution in [0.4, 0.5) is 0 Å². The minimum atomic E-state index is -0.402. The van der Waals surface area contributed by atoms with E-state index in [-0.39, 0.29) is 5.11 Å². The van der Waals surface area contributed by atoms with Crippen LogP contribution < -0.4 is 19.5 Å². The number of carbonyl (C=O) groups excluding carboxylic acids is 1. The maximum atomic E-state index is 12.8. The van der Waals surface area contributed by atoms with Crippen molar-refractivity contribution in [2.45, 2.75) is 12.8 Å². The van der Waals surface area contributed by atoms with Gasteiger partial charge in [-0.15, -0.1) is 0 Å². The van der Waals surface area contributed by atoms with Gasteiger partial charge in [-0.2, -0.15) is 5.26 Å². The minimum Gasteiger partial charge on any atom is -0.493 e. The molecule has 0 saturated heterocycles. The predicted molar refractivity (Wildman–Crippen MR) is 118 cm³/mol. The Bertz CT molecular complexity index is 887. The van der Waals surface area contributed by atoms with E-state index in [4.69, 9.17) is 31.7 Å². The average Bonchev–Trinajstić information content (AvgIpc) is 2.78. The van der Waals surface area contributed by atoms with Gasteiger partial charge in [-0.25, -0.2) is 0 Å². The molecule has 30 heavy (non-hydrogen) atoms. The summed E-state index contributed by atoms with van der Waals surface area (Å²) < 4.78 is 15.9. The van der Waals surface area contributed by atoms with Crippen molar-refractivity contribution in [1.29, 1.82) is 5.26 Å².